The lowest BCUT2D eigenvalue weighted by Gasteiger charge is -2.13. The number of aromatic hydroxyl groups is 1. The minimum absolute atomic E-state index is 0.195. The van der Waals surface area contributed by atoms with Crippen LogP contribution in [0.5, 0.6) is 5.75 Å². The average molecular weight is 623 g/mol. The third-order valence-electron chi connectivity index (χ3n) is 9.09. The molecule has 0 aliphatic heterocycles. The molecule has 0 atom stereocenters. The summed E-state index contributed by atoms with van der Waals surface area (Å²) < 4.78 is 2.10. The average Bonchev–Trinajstić information content (AvgIpc) is 3.49. The Bertz CT molecular complexity index is 2220. The Morgan fingerprint density at radius 3 is 2.08 bits per heavy atom. The molecule has 1 aromatic heterocycles. The number of fused-ring (bicyclic) bond motifs is 3. The van der Waals surface area contributed by atoms with E-state index in [9.17, 15) is 5.11 Å². The molecule has 3 nitrogen and oxygen atoms in total. The molecule has 3 heteroatoms. The van der Waals surface area contributed by atoms with Crippen LogP contribution in [-0.4, -0.2) is 15.4 Å². The van der Waals surface area contributed by atoms with Gasteiger partial charge in [0.2, 0.25) is 0 Å². The molecule has 48 heavy (non-hydrogen) atoms. The number of aliphatic imine (C=N–C) groups is 1. The second kappa shape index (κ2) is 13.9. The van der Waals surface area contributed by atoms with Crippen molar-refractivity contribution in [3.63, 3.8) is 0 Å². The van der Waals surface area contributed by atoms with Gasteiger partial charge >= 0.3 is 0 Å². The maximum absolute atomic E-state index is 10.8. The molecule has 0 aliphatic rings. The first kappa shape index (κ1) is 30.8. The van der Waals surface area contributed by atoms with Crippen molar-refractivity contribution in [3.05, 3.63) is 174 Å². The number of para-hydroxylation sites is 1. The molecule has 1 heterocycles. The van der Waals surface area contributed by atoms with Gasteiger partial charge in [-0.1, -0.05) is 134 Å². The SMILES string of the molecule is CCC(=N/C(=C(\C)CCCc1ccccc1)c1ccccc1)c1ccc(-c2ccc(-n3c4ccccc4c4c#ccc(O)c43)cc2)cc1. The van der Waals surface area contributed by atoms with E-state index in [2.05, 4.69) is 152 Å². The van der Waals surface area contributed by atoms with E-state index in [4.69, 9.17) is 4.99 Å². The number of aryl methyl sites for hydroxylation is 1. The van der Waals surface area contributed by atoms with Gasteiger partial charge in [-0.05, 0) is 78.6 Å². The van der Waals surface area contributed by atoms with Crippen molar-refractivity contribution in [1.82, 2.24) is 4.57 Å². The molecule has 0 aliphatic carbocycles. The van der Waals surface area contributed by atoms with Gasteiger partial charge < -0.3 is 9.67 Å². The van der Waals surface area contributed by atoms with Crippen LogP contribution in [-0.2, 0) is 6.42 Å². The molecule has 7 rings (SSSR count). The number of aromatic nitrogens is 1. The summed E-state index contributed by atoms with van der Waals surface area (Å²) in [6, 6.07) is 54.5. The van der Waals surface area contributed by atoms with Crippen LogP contribution in [0.3, 0.4) is 0 Å². The molecule has 0 radical (unpaired) electrons. The highest BCUT2D eigenvalue weighted by Gasteiger charge is 2.15. The quantitative estimate of drug-likeness (QED) is 0.151. The Kier molecular flexibility index (Phi) is 8.90. The number of allylic oxidation sites excluding steroid dienone is 1. The van der Waals surface area contributed by atoms with Crippen LogP contribution in [0.4, 0.5) is 0 Å². The van der Waals surface area contributed by atoms with Crippen LogP contribution in [0.15, 0.2) is 150 Å². The van der Waals surface area contributed by atoms with E-state index in [1.807, 2.05) is 12.1 Å². The molecule has 0 bridgehead atoms. The van der Waals surface area contributed by atoms with Crippen LogP contribution in [0.1, 0.15) is 49.8 Å². The largest absolute Gasteiger partial charge is 0.505 e. The Morgan fingerprint density at radius 2 is 1.38 bits per heavy atom. The lowest BCUT2D eigenvalue weighted by molar-refractivity contribution is 0.480. The van der Waals surface area contributed by atoms with E-state index < -0.39 is 0 Å². The minimum atomic E-state index is 0.195. The van der Waals surface area contributed by atoms with E-state index in [0.717, 1.165) is 86.8 Å². The fraction of sp³-hybridized carbons (Fsp3) is 0.133. The van der Waals surface area contributed by atoms with Crippen molar-refractivity contribution in [1.29, 1.82) is 0 Å². The first-order valence-corrected chi connectivity index (χ1v) is 16.7. The second-order valence-corrected chi connectivity index (χ2v) is 12.2. The first-order valence-electron chi connectivity index (χ1n) is 16.7. The Morgan fingerprint density at radius 1 is 0.729 bits per heavy atom. The molecular weight excluding hydrogens is 585 g/mol. The molecule has 234 valence electrons. The van der Waals surface area contributed by atoms with Gasteiger partial charge in [-0.25, -0.2) is 0 Å². The molecular formula is C45H38N2O. The van der Waals surface area contributed by atoms with Crippen molar-refractivity contribution in [2.24, 2.45) is 4.99 Å². The number of benzene rings is 5. The van der Waals surface area contributed by atoms with Gasteiger partial charge in [-0.3, -0.25) is 4.99 Å². The normalized spacial score (nSPS) is 12.2. The smallest absolute Gasteiger partial charge is 0.149 e. The zero-order chi connectivity index (χ0) is 32.9. The van der Waals surface area contributed by atoms with Gasteiger partial charge in [0.25, 0.3) is 0 Å². The number of rotatable bonds is 10. The predicted octanol–water partition coefficient (Wildman–Crippen LogP) is 11.4. The summed E-state index contributed by atoms with van der Waals surface area (Å²) in [5, 5.41) is 12.7. The molecule has 7 aromatic rings. The van der Waals surface area contributed by atoms with Crippen LogP contribution < -0.4 is 0 Å². The van der Waals surface area contributed by atoms with Crippen molar-refractivity contribution in [2.45, 2.75) is 39.5 Å². The molecule has 6 aromatic carbocycles. The lowest BCUT2D eigenvalue weighted by Crippen LogP contribution is -2.01. The second-order valence-electron chi connectivity index (χ2n) is 12.2. The van der Waals surface area contributed by atoms with Crippen molar-refractivity contribution in [2.75, 3.05) is 0 Å². The fourth-order valence-electron chi connectivity index (χ4n) is 6.59. The molecule has 1 N–H and O–H groups in total. The molecule has 0 amide bonds. The molecule has 0 spiro atoms. The Labute approximate surface area is 283 Å². The zero-order valence-corrected chi connectivity index (χ0v) is 27.4. The summed E-state index contributed by atoms with van der Waals surface area (Å²) in [5.41, 5.74) is 12.2. The highest BCUT2D eigenvalue weighted by molar-refractivity contribution is 6.10. The van der Waals surface area contributed by atoms with Crippen LogP contribution >= 0.6 is 0 Å². The number of hydrogen-bond acceptors (Lipinski definition) is 2. The third-order valence-corrected chi connectivity index (χ3v) is 9.09. The van der Waals surface area contributed by atoms with Gasteiger partial charge in [0.1, 0.15) is 11.3 Å². The van der Waals surface area contributed by atoms with E-state index in [0.29, 0.717) is 0 Å². The summed E-state index contributed by atoms with van der Waals surface area (Å²) >= 11 is 0. The van der Waals surface area contributed by atoms with Crippen LogP contribution in [0.2, 0.25) is 0 Å². The van der Waals surface area contributed by atoms with Gasteiger partial charge in [0.15, 0.2) is 0 Å². The fourth-order valence-corrected chi connectivity index (χ4v) is 6.59. The summed E-state index contributed by atoms with van der Waals surface area (Å²) in [6.07, 6.45) is 3.99. The van der Waals surface area contributed by atoms with Crippen molar-refractivity contribution >= 4 is 33.2 Å². The van der Waals surface area contributed by atoms with Crippen molar-refractivity contribution in [3.8, 4) is 22.6 Å². The van der Waals surface area contributed by atoms with Crippen LogP contribution in [0.25, 0.3) is 44.3 Å². The van der Waals surface area contributed by atoms with Gasteiger partial charge in [0.05, 0.1) is 16.6 Å². The van der Waals surface area contributed by atoms with E-state index in [1.54, 1.807) is 6.07 Å². The summed E-state index contributed by atoms with van der Waals surface area (Å²) in [7, 11) is 0. The Balaban J connectivity index is 1.16. The van der Waals surface area contributed by atoms with E-state index >= 15 is 0 Å². The number of nitrogens with zero attached hydrogens (tertiary/aromatic N) is 2. The summed E-state index contributed by atoms with van der Waals surface area (Å²) in [4.78, 5) is 5.33. The Hall–Kier alpha value is -5.85. The third kappa shape index (κ3) is 6.26. The van der Waals surface area contributed by atoms with Gasteiger partial charge in [-0.15, -0.1) is 0 Å². The first-order chi connectivity index (χ1) is 23.6. The van der Waals surface area contributed by atoms with Crippen molar-refractivity contribution < 1.29 is 5.11 Å². The highest BCUT2D eigenvalue weighted by Crippen LogP contribution is 2.36. The summed E-state index contributed by atoms with van der Waals surface area (Å²) in [6.45, 7) is 4.41. The number of hydrogen-bond donors (Lipinski definition) is 1. The minimum Gasteiger partial charge on any atom is -0.505 e. The standard InChI is InChI=1S/C45H38N2O/c1-3-41(46-44(37-18-8-5-9-19-37)32(2)14-12-17-33-15-6-4-7-16-33)36-26-24-34(25-27-36)35-28-30-38(31-29-35)47-42-22-11-10-20-39(42)40-21-13-23-43(48)45(40)47/h4-11,15-16,18-20,22-31,48H,3,12,14,17H2,1-2H3/b44-32+,46-41?. The van der Waals surface area contributed by atoms with Crippen LogP contribution in [0, 0.1) is 12.1 Å². The highest BCUT2D eigenvalue weighted by atomic mass is 16.3. The topological polar surface area (TPSA) is 37.5 Å². The lowest BCUT2D eigenvalue weighted by atomic mass is 9.99. The molecule has 0 unspecified atom stereocenters. The summed E-state index contributed by atoms with van der Waals surface area (Å²) in [5.74, 6) is 0.195. The molecule has 0 fully saturated rings. The zero-order valence-electron chi connectivity index (χ0n) is 27.4. The molecule has 0 saturated carbocycles. The van der Waals surface area contributed by atoms with Gasteiger partial charge in [0, 0.05) is 28.4 Å². The van der Waals surface area contributed by atoms with E-state index in [-0.39, 0.29) is 5.75 Å². The maximum Gasteiger partial charge on any atom is 0.149 e. The monoisotopic (exact) mass is 622 g/mol. The molecule has 0 saturated heterocycles. The predicted molar refractivity (Wildman–Crippen MR) is 201 cm³/mol. The maximum atomic E-state index is 10.8. The van der Waals surface area contributed by atoms with E-state index in [1.165, 1.54) is 11.1 Å². The van der Waals surface area contributed by atoms with Gasteiger partial charge in [-0.2, -0.15) is 0 Å².